The maximum atomic E-state index is 12.6. The molecule has 0 aliphatic carbocycles. The third kappa shape index (κ3) is 5.70. The Labute approximate surface area is 157 Å². The summed E-state index contributed by atoms with van der Waals surface area (Å²) in [5.41, 5.74) is 1.91. The topological polar surface area (TPSA) is 32.3 Å². The number of nitrogens with one attached hydrogen (secondary N) is 1. The number of carbonyl (C=O) groups excluding carboxylic acids is 1. The van der Waals surface area contributed by atoms with Crippen molar-refractivity contribution >= 4 is 5.91 Å². The van der Waals surface area contributed by atoms with Crippen molar-refractivity contribution in [3.05, 3.63) is 71.8 Å². The van der Waals surface area contributed by atoms with Crippen LogP contribution in [0.25, 0.3) is 0 Å². The standard InChI is InChI=1S/C23H30N2O/c26-23(21-14-6-2-7-15-21)24-22(20-12-4-1-5-13-20)16-8-11-19-25-17-9-3-10-18-25/h1-2,4-7,12-15,22H,3,8-11,16-19H2,(H,24,26). The van der Waals surface area contributed by atoms with Gasteiger partial charge in [-0.2, -0.15) is 0 Å². The predicted molar refractivity (Wildman–Crippen MR) is 107 cm³/mol. The zero-order chi connectivity index (χ0) is 18.0. The zero-order valence-corrected chi connectivity index (χ0v) is 15.6. The van der Waals surface area contributed by atoms with Gasteiger partial charge in [0, 0.05) is 5.56 Å². The first kappa shape index (κ1) is 18.7. The molecule has 1 N–H and O–H groups in total. The molecule has 3 heteroatoms. The highest BCUT2D eigenvalue weighted by molar-refractivity contribution is 5.94. The molecular weight excluding hydrogens is 320 g/mol. The van der Waals surface area contributed by atoms with E-state index in [1.54, 1.807) is 0 Å². The molecule has 2 aromatic rings. The van der Waals surface area contributed by atoms with E-state index in [9.17, 15) is 4.79 Å². The molecular formula is C23H30N2O. The molecule has 138 valence electrons. The highest BCUT2D eigenvalue weighted by atomic mass is 16.1. The van der Waals surface area contributed by atoms with Gasteiger partial charge in [0.25, 0.3) is 5.91 Å². The minimum atomic E-state index is 0.00971. The van der Waals surface area contributed by atoms with E-state index in [0.29, 0.717) is 0 Å². The second kappa shape index (κ2) is 10.1. The first-order valence-electron chi connectivity index (χ1n) is 9.96. The molecule has 1 atom stereocenters. The molecule has 0 bridgehead atoms. The van der Waals surface area contributed by atoms with Gasteiger partial charge in [-0.05, 0) is 69.4 Å². The molecule has 0 spiro atoms. The average Bonchev–Trinajstić information content (AvgIpc) is 2.72. The van der Waals surface area contributed by atoms with Gasteiger partial charge < -0.3 is 10.2 Å². The van der Waals surface area contributed by atoms with Crippen LogP contribution in [0.4, 0.5) is 0 Å². The van der Waals surface area contributed by atoms with Crippen molar-refractivity contribution in [1.29, 1.82) is 0 Å². The number of piperidine rings is 1. The minimum absolute atomic E-state index is 0.00971. The molecule has 1 aliphatic heterocycles. The van der Waals surface area contributed by atoms with Crippen molar-refractivity contribution < 1.29 is 4.79 Å². The van der Waals surface area contributed by atoms with E-state index in [2.05, 4.69) is 22.3 Å². The maximum Gasteiger partial charge on any atom is 0.251 e. The molecule has 26 heavy (non-hydrogen) atoms. The highest BCUT2D eigenvalue weighted by Gasteiger charge is 2.16. The lowest BCUT2D eigenvalue weighted by Crippen LogP contribution is -2.31. The van der Waals surface area contributed by atoms with Gasteiger partial charge in [0.1, 0.15) is 0 Å². The SMILES string of the molecule is O=C(NC(CCCCN1CCCCC1)c1ccccc1)c1ccccc1. The Balaban J connectivity index is 1.54. The van der Waals surface area contributed by atoms with Crippen molar-refractivity contribution in [2.24, 2.45) is 0 Å². The second-order valence-corrected chi connectivity index (χ2v) is 7.20. The van der Waals surface area contributed by atoms with Gasteiger partial charge in [0.2, 0.25) is 0 Å². The quantitative estimate of drug-likeness (QED) is 0.693. The van der Waals surface area contributed by atoms with Crippen LogP contribution in [0, 0.1) is 0 Å². The van der Waals surface area contributed by atoms with Crippen LogP contribution >= 0.6 is 0 Å². The van der Waals surface area contributed by atoms with Crippen molar-refractivity contribution in [3.8, 4) is 0 Å². The summed E-state index contributed by atoms with van der Waals surface area (Å²) < 4.78 is 0. The summed E-state index contributed by atoms with van der Waals surface area (Å²) in [6.45, 7) is 3.70. The summed E-state index contributed by atoms with van der Waals surface area (Å²) in [4.78, 5) is 15.2. The first-order chi connectivity index (χ1) is 12.8. The average molecular weight is 351 g/mol. The number of carbonyl (C=O) groups is 1. The predicted octanol–water partition coefficient (Wildman–Crippen LogP) is 4.81. The number of likely N-dealkylation sites (tertiary alicyclic amines) is 1. The molecule has 0 aromatic heterocycles. The molecule has 1 unspecified atom stereocenters. The number of amides is 1. The van der Waals surface area contributed by atoms with Crippen LogP contribution in [0.15, 0.2) is 60.7 Å². The van der Waals surface area contributed by atoms with Crippen LogP contribution in [-0.2, 0) is 0 Å². The summed E-state index contributed by atoms with van der Waals surface area (Å²) in [7, 11) is 0. The summed E-state index contributed by atoms with van der Waals surface area (Å²) in [5, 5.41) is 3.24. The fourth-order valence-corrected chi connectivity index (χ4v) is 3.71. The van der Waals surface area contributed by atoms with Gasteiger partial charge >= 0.3 is 0 Å². The number of unbranched alkanes of at least 4 members (excludes halogenated alkanes) is 1. The largest absolute Gasteiger partial charge is 0.345 e. The van der Waals surface area contributed by atoms with E-state index in [0.717, 1.165) is 18.4 Å². The van der Waals surface area contributed by atoms with Crippen molar-refractivity contribution in [2.75, 3.05) is 19.6 Å². The van der Waals surface area contributed by atoms with Gasteiger partial charge in [0.05, 0.1) is 6.04 Å². The summed E-state index contributed by atoms with van der Waals surface area (Å²) in [6, 6.07) is 19.9. The van der Waals surface area contributed by atoms with Crippen LogP contribution < -0.4 is 5.32 Å². The van der Waals surface area contributed by atoms with Crippen molar-refractivity contribution in [3.63, 3.8) is 0 Å². The minimum Gasteiger partial charge on any atom is -0.345 e. The number of rotatable bonds is 8. The lowest BCUT2D eigenvalue weighted by atomic mass is 10.00. The van der Waals surface area contributed by atoms with Crippen molar-refractivity contribution in [1.82, 2.24) is 10.2 Å². The zero-order valence-electron chi connectivity index (χ0n) is 15.6. The maximum absolute atomic E-state index is 12.6. The molecule has 3 rings (SSSR count). The van der Waals surface area contributed by atoms with E-state index >= 15 is 0 Å². The Hall–Kier alpha value is -2.13. The first-order valence-corrected chi connectivity index (χ1v) is 9.96. The smallest absolute Gasteiger partial charge is 0.251 e. The third-order valence-electron chi connectivity index (χ3n) is 5.21. The highest BCUT2D eigenvalue weighted by Crippen LogP contribution is 2.20. The van der Waals surface area contributed by atoms with Crippen LogP contribution in [0.2, 0.25) is 0 Å². The van der Waals surface area contributed by atoms with Gasteiger partial charge in [-0.3, -0.25) is 4.79 Å². The van der Waals surface area contributed by atoms with Gasteiger partial charge in [-0.15, -0.1) is 0 Å². The third-order valence-corrected chi connectivity index (χ3v) is 5.21. The molecule has 1 aliphatic rings. The fraction of sp³-hybridized carbons (Fsp3) is 0.435. The summed E-state index contributed by atoms with van der Waals surface area (Å²) in [6.07, 6.45) is 7.39. The lowest BCUT2D eigenvalue weighted by Gasteiger charge is -2.26. The van der Waals surface area contributed by atoms with E-state index in [1.807, 2.05) is 48.5 Å². The van der Waals surface area contributed by atoms with Crippen LogP contribution in [0.5, 0.6) is 0 Å². The fourth-order valence-electron chi connectivity index (χ4n) is 3.71. The molecule has 1 saturated heterocycles. The van der Waals surface area contributed by atoms with E-state index < -0.39 is 0 Å². The lowest BCUT2D eigenvalue weighted by molar-refractivity contribution is 0.0933. The summed E-state index contributed by atoms with van der Waals surface area (Å²) in [5.74, 6) is 0.00971. The number of hydrogen-bond donors (Lipinski definition) is 1. The Morgan fingerprint density at radius 2 is 1.54 bits per heavy atom. The molecule has 0 radical (unpaired) electrons. The Kier molecular flexibility index (Phi) is 7.26. The number of hydrogen-bond acceptors (Lipinski definition) is 2. The summed E-state index contributed by atoms with van der Waals surface area (Å²) >= 11 is 0. The molecule has 2 aromatic carbocycles. The molecule has 1 heterocycles. The molecule has 1 amide bonds. The Morgan fingerprint density at radius 1 is 0.885 bits per heavy atom. The van der Waals surface area contributed by atoms with Gasteiger partial charge in [-0.25, -0.2) is 0 Å². The second-order valence-electron chi connectivity index (χ2n) is 7.20. The Morgan fingerprint density at radius 3 is 2.23 bits per heavy atom. The molecule has 0 saturated carbocycles. The normalized spacial score (nSPS) is 16.2. The van der Waals surface area contributed by atoms with Crippen molar-refractivity contribution in [2.45, 2.75) is 44.6 Å². The van der Waals surface area contributed by atoms with E-state index in [-0.39, 0.29) is 11.9 Å². The monoisotopic (exact) mass is 350 g/mol. The van der Waals surface area contributed by atoms with Crippen LogP contribution in [0.1, 0.15) is 60.5 Å². The number of benzene rings is 2. The van der Waals surface area contributed by atoms with Gasteiger partial charge in [-0.1, -0.05) is 55.0 Å². The van der Waals surface area contributed by atoms with Gasteiger partial charge in [0.15, 0.2) is 0 Å². The van der Waals surface area contributed by atoms with E-state index in [4.69, 9.17) is 0 Å². The van der Waals surface area contributed by atoms with Crippen LogP contribution in [-0.4, -0.2) is 30.4 Å². The molecule has 1 fully saturated rings. The molecule has 3 nitrogen and oxygen atoms in total. The number of nitrogens with zero attached hydrogens (tertiary/aromatic N) is 1. The Bertz CT molecular complexity index is 650. The van der Waals surface area contributed by atoms with Crippen LogP contribution in [0.3, 0.4) is 0 Å². The van der Waals surface area contributed by atoms with E-state index in [1.165, 1.54) is 50.9 Å².